The van der Waals surface area contributed by atoms with Crippen LogP contribution in [0.1, 0.15) is 45.0 Å². The van der Waals surface area contributed by atoms with Crippen molar-refractivity contribution in [2.75, 3.05) is 18.5 Å². The fraction of sp³-hybridized carbons (Fsp3) is 0.333. The third kappa shape index (κ3) is 6.20. The number of thiazole rings is 1. The Bertz CT molecular complexity index is 1160. The molecule has 0 radical (unpaired) electrons. The second kappa shape index (κ2) is 10.8. The van der Waals surface area contributed by atoms with Crippen molar-refractivity contribution in [3.05, 3.63) is 46.3 Å². The van der Waals surface area contributed by atoms with E-state index in [0.29, 0.717) is 33.4 Å². The Kier molecular flexibility index (Phi) is 7.85. The normalized spacial score (nSPS) is 11.6. The molecule has 0 saturated carbocycles. The van der Waals surface area contributed by atoms with Gasteiger partial charge in [-0.2, -0.15) is 4.98 Å². The van der Waals surface area contributed by atoms with Crippen LogP contribution < -0.4 is 16.4 Å². The van der Waals surface area contributed by atoms with Gasteiger partial charge in [0.1, 0.15) is 4.88 Å². The van der Waals surface area contributed by atoms with Crippen molar-refractivity contribution in [1.82, 2.24) is 20.4 Å². The summed E-state index contributed by atoms with van der Waals surface area (Å²) in [5.41, 5.74) is 7.22. The lowest BCUT2D eigenvalue weighted by Crippen LogP contribution is -2.42. The van der Waals surface area contributed by atoms with Crippen LogP contribution in [0, 0.1) is 13.8 Å². The first-order chi connectivity index (χ1) is 15.8. The highest BCUT2D eigenvalue weighted by atomic mass is 32.1. The molecule has 0 aliphatic rings. The Morgan fingerprint density at radius 3 is 2.70 bits per heavy atom. The van der Waals surface area contributed by atoms with E-state index in [2.05, 4.69) is 25.8 Å². The molecule has 0 spiro atoms. The Hall–Kier alpha value is -3.64. The average Bonchev–Trinajstić information content (AvgIpc) is 3.38. The predicted octanol–water partition coefficient (Wildman–Crippen LogP) is 2.07. The quantitative estimate of drug-likeness (QED) is 0.396. The number of anilines is 1. The summed E-state index contributed by atoms with van der Waals surface area (Å²) in [6.07, 6.45) is -0.0701. The number of benzene rings is 1. The second-order valence-corrected chi connectivity index (χ2v) is 8.03. The number of rotatable bonds is 9. The highest BCUT2D eigenvalue weighted by Crippen LogP contribution is 2.23. The monoisotopic (exact) mass is 472 g/mol. The zero-order chi connectivity index (χ0) is 24.0. The van der Waals surface area contributed by atoms with Crippen molar-refractivity contribution in [1.29, 1.82) is 0 Å². The van der Waals surface area contributed by atoms with Crippen molar-refractivity contribution in [3.8, 4) is 11.4 Å². The van der Waals surface area contributed by atoms with Crippen molar-refractivity contribution < 1.29 is 23.6 Å². The topological polar surface area (TPSA) is 162 Å². The molecular formula is C21H24N6O5S. The van der Waals surface area contributed by atoms with E-state index >= 15 is 0 Å². The summed E-state index contributed by atoms with van der Waals surface area (Å²) >= 11 is 1.03. The number of aromatic nitrogens is 3. The molecule has 1 unspecified atom stereocenters. The van der Waals surface area contributed by atoms with Crippen LogP contribution in [-0.4, -0.2) is 52.1 Å². The van der Waals surface area contributed by atoms with E-state index < -0.39 is 23.8 Å². The van der Waals surface area contributed by atoms with Gasteiger partial charge in [-0.25, -0.2) is 9.78 Å². The minimum Gasteiger partial charge on any atom is -0.462 e. The molecule has 3 aromatic rings. The summed E-state index contributed by atoms with van der Waals surface area (Å²) < 4.78 is 9.95. The molecule has 0 bridgehead atoms. The largest absolute Gasteiger partial charge is 0.462 e. The van der Waals surface area contributed by atoms with Gasteiger partial charge in [-0.3, -0.25) is 9.59 Å². The molecular weight excluding hydrogens is 448 g/mol. The molecule has 11 nitrogen and oxygen atoms in total. The molecule has 4 N–H and O–H groups in total. The Labute approximate surface area is 193 Å². The molecule has 1 atom stereocenters. The van der Waals surface area contributed by atoms with Gasteiger partial charge in [0.15, 0.2) is 5.13 Å². The van der Waals surface area contributed by atoms with Gasteiger partial charge in [-0.1, -0.05) is 28.6 Å². The Morgan fingerprint density at radius 2 is 2.03 bits per heavy atom. The predicted molar refractivity (Wildman–Crippen MR) is 121 cm³/mol. The van der Waals surface area contributed by atoms with Crippen molar-refractivity contribution >= 4 is 34.3 Å². The third-order valence-electron chi connectivity index (χ3n) is 4.47. The number of aryl methyl sites for hydroxylation is 2. The summed E-state index contributed by atoms with van der Waals surface area (Å²) in [7, 11) is 0. The molecule has 2 heterocycles. The van der Waals surface area contributed by atoms with Crippen LogP contribution in [0.5, 0.6) is 0 Å². The lowest BCUT2D eigenvalue weighted by Gasteiger charge is -2.16. The summed E-state index contributed by atoms with van der Waals surface area (Å²) in [5.74, 6) is -0.490. The first kappa shape index (κ1) is 24.0. The van der Waals surface area contributed by atoms with Crippen LogP contribution in [0.25, 0.3) is 11.4 Å². The van der Waals surface area contributed by atoms with Gasteiger partial charge in [-0.15, -0.1) is 0 Å². The molecule has 0 aliphatic heterocycles. The van der Waals surface area contributed by atoms with Gasteiger partial charge in [0.25, 0.3) is 5.91 Å². The van der Waals surface area contributed by atoms with Crippen LogP contribution in [0.15, 0.2) is 28.8 Å². The molecule has 12 heteroatoms. The lowest BCUT2D eigenvalue weighted by molar-refractivity contribution is -0.116. The van der Waals surface area contributed by atoms with Crippen molar-refractivity contribution in [2.24, 2.45) is 5.73 Å². The van der Waals surface area contributed by atoms with Gasteiger partial charge >= 0.3 is 5.97 Å². The number of esters is 1. The third-order valence-corrected chi connectivity index (χ3v) is 5.52. The Balaban J connectivity index is 1.61. The van der Waals surface area contributed by atoms with Gasteiger partial charge in [0, 0.05) is 31.0 Å². The van der Waals surface area contributed by atoms with E-state index in [1.165, 1.54) is 0 Å². The summed E-state index contributed by atoms with van der Waals surface area (Å²) in [4.78, 5) is 45.7. The average molecular weight is 473 g/mol. The molecule has 0 fully saturated rings. The van der Waals surface area contributed by atoms with Crippen LogP contribution in [0.2, 0.25) is 0 Å². The smallest absolute Gasteiger partial charge is 0.350 e. The summed E-state index contributed by atoms with van der Waals surface area (Å²) in [5, 5.41) is 9.51. The number of nitrogens with zero attached hydrogens (tertiary/aromatic N) is 3. The number of hydrogen-bond donors (Lipinski definition) is 3. The Morgan fingerprint density at radius 1 is 1.24 bits per heavy atom. The highest BCUT2D eigenvalue weighted by Gasteiger charge is 2.20. The summed E-state index contributed by atoms with van der Waals surface area (Å²) in [6, 6.07) is 6.11. The maximum absolute atomic E-state index is 12.7. The number of ether oxygens (including phenoxy) is 1. The number of nitrogens with two attached hydrogens (primary N) is 1. The molecule has 33 heavy (non-hydrogen) atoms. The molecule has 2 aromatic heterocycles. The summed E-state index contributed by atoms with van der Waals surface area (Å²) in [6.45, 7) is 5.34. The zero-order valence-electron chi connectivity index (χ0n) is 18.4. The second-order valence-electron chi connectivity index (χ2n) is 7.03. The van der Waals surface area contributed by atoms with E-state index in [-0.39, 0.29) is 24.7 Å². The van der Waals surface area contributed by atoms with Gasteiger partial charge < -0.3 is 25.6 Å². The van der Waals surface area contributed by atoms with Crippen LogP contribution in [0.3, 0.4) is 0 Å². The van der Waals surface area contributed by atoms with Gasteiger partial charge in [-0.05, 0) is 26.0 Å². The molecule has 174 valence electrons. The van der Waals surface area contributed by atoms with Gasteiger partial charge in [0.2, 0.25) is 17.6 Å². The van der Waals surface area contributed by atoms with Crippen LogP contribution in [0.4, 0.5) is 5.13 Å². The minimum atomic E-state index is -0.612. The van der Waals surface area contributed by atoms with Crippen LogP contribution >= 0.6 is 11.3 Å². The number of hydrogen-bond acceptors (Lipinski definition) is 10. The van der Waals surface area contributed by atoms with E-state index in [1.807, 2.05) is 0 Å². The SMILES string of the molecule is CCOC(=O)c1sc(NC(=O)CC(CN)NC(=O)c2cccc(-c3noc(C)n3)c2)nc1C. The van der Waals surface area contributed by atoms with E-state index in [0.717, 1.165) is 11.3 Å². The van der Waals surface area contributed by atoms with Crippen LogP contribution in [-0.2, 0) is 9.53 Å². The molecule has 3 rings (SSSR count). The fourth-order valence-electron chi connectivity index (χ4n) is 2.91. The van der Waals surface area contributed by atoms with Crippen molar-refractivity contribution in [3.63, 3.8) is 0 Å². The van der Waals surface area contributed by atoms with E-state index in [4.69, 9.17) is 15.0 Å². The zero-order valence-corrected chi connectivity index (χ0v) is 19.2. The highest BCUT2D eigenvalue weighted by molar-refractivity contribution is 7.17. The van der Waals surface area contributed by atoms with Crippen molar-refractivity contribution in [2.45, 2.75) is 33.2 Å². The first-order valence-electron chi connectivity index (χ1n) is 10.2. The molecule has 0 aliphatic carbocycles. The lowest BCUT2D eigenvalue weighted by atomic mass is 10.1. The van der Waals surface area contributed by atoms with E-state index in [9.17, 15) is 14.4 Å². The number of nitrogens with one attached hydrogen (secondary N) is 2. The molecule has 1 aromatic carbocycles. The molecule has 2 amide bonds. The minimum absolute atomic E-state index is 0.0495. The number of carbonyl (C=O) groups excluding carboxylic acids is 3. The number of amides is 2. The maximum atomic E-state index is 12.7. The maximum Gasteiger partial charge on any atom is 0.350 e. The standard InChI is InChI=1S/C21H24N6O5S/c1-4-31-20(30)17-11(2)23-21(33-17)26-16(28)9-15(10-22)25-19(29)14-7-5-6-13(8-14)18-24-12(3)32-27-18/h5-8,15H,4,9-10,22H2,1-3H3,(H,25,29)(H,23,26,28). The van der Waals surface area contributed by atoms with Gasteiger partial charge in [0.05, 0.1) is 18.3 Å². The number of carbonyl (C=O) groups is 3. The fourth-order valence-corrected chi connectivity index (χ4v) is 3.78. The molecule has 0 saturated heterocycles. The van der Waals surface area contributed by atoms with E-state index in [1.54, 1.807) is 45.0 Å². The first-order valence-corrected chi connectivity index (χ1v) is 11.0.